The number of nitrogens with one attached hydrogen (secondary N) is 2. The van der Waals surface area contributed by atoms with Gasteiger partial charge in [0.15, 0.2) is 0 Å². The number of fused-ring (bicyclic) bond motifs is 3. The SMILES string of the molecule is O=C(NCCN1CCOCC1)c1cc2c(ccc3ccccc32)[nH]1. The normalized spacial score (nSPS) is 15.8. The van der Waals surface area contributed by atoms with Gasteiger partial charge in [-0.05, 0) is 22.9 Å². The van der Waals surface area contributed by atoms with E-state index in [0.717, 1.165) is 43.8 Å². The topological polar surface area (TPSA) is 57.4 Å². The summed E-state index contributed by atoms with van der Waals surface area (Å²) in [7, 11) is 0. The van der Waals surface area contributed by atoms with E-state index in [2.05, 4.69) is 33.4 Å². The number of ether oxygens (including phenoxy) is 1. The average molecular weight is 323 g/mol. The maximum atomic E-state index is 12.4. The molecule has 5 heteroatoms. The molecule has 2 N–H and O–H groups in total. The van der Waals surface area contributed by atoms with Crippen LogP contribution in [0.25, 0.3) is 21.7 Å². The molecule has 2 heterocycles. The van der Waals surface area contributed by atoms with Gasteiger partial charge in [0.25, 0.3) is 5.91 Å². The summed E-state index contributed by atoms with van der Waals surface area (Å²) >= 11 is 0. The van der Waals surface area contributed by atoms with E-state index in [0.29, 0.717) is 12.2 Å². The highest BCUT2D eigenvalue weighted by Crippen LogP contribution is 2.25. The molecule has 1 amide bonds. The molecule has 24 heavy (non-hydrogen) atoms. The zero-order chi connectivity index (χ0) is 16.4. The highest BCUT2D eigenvalue weighted by molar-refractivity contribution is 6.09. The second-order valence-electron chi connectivity index (χ2n) is 6.14. The van der Waals surface area contributed by atoms with Gasteiger partial charge in [-0.2, -0.15) is 0 Å². The van der Waals surface area contributed by atoms with E-state index in [1.54, 1.807) is 0 Å². The summed E-state index contributed by atoms with van der Waals surface area (Å²) in [5.74, 6) is -0.0523. The van der Waals surface area contributed by atoms with Crippen LogP contribution in [0, 0.1) is 0 Å². The number of carbonyl (C=O) groups is 1. The fraction of sp³-hybridized carbons (Fsp3) is 0.316. The summed E-state index contributed by atoms with van der Waals surface area (Å²) in [5.41, 5.74) is 1.61. The third kappa shape index (κ3) is 3.00. The molecule has 124 valence electrons. The van der Waals surface area contributed by atoms with Crippen LogP contribution in [0.2, 0.25) is 0 Å². The number of benzene rings is 2. The molecule has 2 aromatic carbocycles. The van der Waals surface area contributed by atoms with Gasteiger partial charge in [0.05, 0.1) is 13.2 Å². The number of aromatic amines is 1. The molecule has 0 bridgehead atoms. The number of amides is 1. The third-order valence-electron chi connectivity index (χ3n) is 4.59. The predicted molar refractivity (Wildman–Crippen MR) is 95.4 cm³/mol. The van der Waals surface area contributed by atoms with E-state index >= 15 is 0 Å². The summed E-state index contributed by atoms with van der Waals surface area (Å²) in [6.07, 6.45) is 0. The first-order chi connectivity index (χ1) is 11.8. The summed E-state index contributed by atoms with van der Waals surface area (Å²) in [4.78, 5) is 17.9. The van der Waals surface area contributed by atoms with Crippen LogP contribution in [0.1, 0.15) is 10.5 Å². The largest absolute Gasteiger partial charge is 0.379 e. The van der Waals surface area contributed by atoms with Crippen molar-refractivity contribution in [3.05, 3.63) is 48.2 Å². The lowest BCUT2D eigenvalue weighted by Gasteiger charge is -2.26. The number of aromatic nitrogens is 1. The van der Waals surface area contributed by atoms with Gasteiger partial charge in [-0.3, -0.25) is 9.69 Å². The van der Waals surface area contributed by atoms with Gasteiger partial charge in [0.2, 0.25) is 0 Å². The monoisotopic (exact) mass is 323 g/mol. The molecular weight excluding hydrogens is 302 g/mol. The van der Waals surface area contributed by atoms with Gasteiger partial charge in [0.1, 0.15) is 5.69 Å². The van der Waals surface area contributed by atoms with Crippen molar-refractivity contribution < 1.29 is 9.53 Å². The molecule has 5 nitrogen and oxygen atoms in total. The van der Waals surface area contributed by atoms with Crippen LogP contribution in [-0.4, -0.2) is 55.2 Å². The van der Waals surface area contributed by atoms with E-state index in [4.69, 9.17) is 4.74 Å². The van der Waals surface area contributed by atoms with Gasteiger partial charge in [-0.15, -0.1) is 0 Å². The minimum atomic E-state index is -0.0523. The van der Waals surface area contributed by atoms with Crippen LogP contribution in [-0.2, 0) is 4.74 Å². The molecular formula is C19H21N3O2. The van der Waals surface area contributed by atoms with Crippen molar-refractivity contribution in [3.63, 3.8) is 0 Å². The lowest BCUT2D eigenvalue weighted by Crippen LogP contribution is -2.41. The smallest absolute Gasteiger partial charge is 0.267 e. The number of hydrogen-bond acceptors (Lipinski definition) is 3. The highest BCUT2D eigenvalue weighted by atomic mass is 16.5. The average Bonchev–Trinajstić information content (AvgIpc) is 3.07. The molecule has 0 saturated carbocycles. The van der Waals surface area contributed by atoms with Crippen LogP contribution in [0.4, 0.5) is 0 Å². The summed E-state index contributed by atoms with van der Waals surface area (Å²) in [6, 6.07) is 14.3. The lowest BCUT2D eigenvalue weighted by atomic mass is 10.1. The zero-order valence-corrected chi connectivity index (χ0v) is 13.5. The number of morpholine rings is 1. The lowest BCUT2D eigenvalue weighted by molar-refractivity contribution is 0.0383. The molecule has 0 atom stereocenters. The van der Waals surface area contributed by atoms with Gasteiger partial charge in [0, 0.05) is 37.1 Å². The highest BCUT2D eigenvalue weighted by Gasteiger charge is 2.13. The number of H-pyrrole nitrogens is 1. The minimum Gasteiger partial charge on any atom is -0.379 e. The fourth-order valence-electron chi connectivity index (χ4n) is 3.26. The van der Waals surface area contributed by atoms with Gasteiger partial charge in [-0.1, -0.05) is 30.3 Å². The Labute approximate surface area is 140 Å². The van der Waals surface area contributed by atoms with E-state index in [9.17, 15) is 4.79 Å². The van der Waals surface area contributed by atoms with Crippen LogP contribution >= 0.6 is 0 Å². The minimum absolute atomic E-state index is 0.0523. The second-order valence-corrected chi connectivity index (χ2v) is 6.14. The van der Waals surface area contributed by atoms with Crippen molar-refractivity contribution in [2.45, 2.75) is 0 Å². The predicted octanol–water partition coefficient (Wildman–Crippen LogP) is 2.38. The number of rotatable bonds is 4. The van der Waals surface area contributed by atoms with E-state index < -0.39 is 0 Å². The van der Waals surface area contributed by atoms with Crippen LogP contribution in [0.3, 0.4) is 0 Å². The Kier molecular flexibility index (Phi) is 4.19. The fourth-order valence-corrected chi connectivity index (χ4v) is 3.26. The molecule has 4 rings (SSSR count). The van der Waals surface area contributed by atoms with Crippen LogP contribution in [0.15, 0.2) is 42.5 Å². The maximum Gasteiger partial charge on any atom is 0.267 e. The van der Waals surface area contributed by atoms with Gasteiger partial charge >= 0.3 is 0 Å². The standard InChI is InChI=1S/C19H21N3O2/c23-19(20-7-8-22-9-11-24-12-10-22)18-13-16-15-4-2-1-3-14(15)5-6-17(16)21-18/h1-6,13,21H,7-12H2,(H,20,23). The molecule has 1 saturated heterocycles. The van der Waals surface area contributed by atoms with Crippen molar-refractivity contribution in [1.82, 2.24) is 15.2 Å². The van der Waals surface area contributed by atoms with Gasteiger partial charge in [-0.25, -0.2) is 0 Å². The van der Waals surface area contributed by atoms with Crippen LogP contribution in [0.5, 0.6) is 0 Å². The van der Waals surface area contributed by atoms with Crippen LogP contribution < -0.4 is 5.32 Å². The Balaban J connectivity index is 1.47. The molecule has 1 aliphatic heterocycles. The zero-order valence-electron chi connectivity index (χ0n) is 13.5. The molecule has 1 aliphatic rings. The summed E-state index contributed by atoms with van der Waals surface area (Å²) in [5, 5.41) is 6.44. The summed E-state index contributed by atoms with van der Waals surface area (Å²) < 4.78 is 5.33. The summed E-state index contributed by atoms with van der Waals surface area (Å²) in [6.45, 7) is 4.95. The maximum absolute atomic E-state index is 12.4. The Morgan fingerprint density at radius 2 is 1.96 bits per heavy atom. The van der Waals surface area contributed by atoms with E-state index in [1.807, 2.05) is 24.3 Å². The Bertz CT molecular complexity index is 865. The van der Waals surface area contributed by atoms with Crippen molar-refractivity contribution >= 4 is 27.6 Å². The van der Waals surface area contributed by atoms with Crippen molar-refractivity contribution in [3.8, 4) is 0 Å². The molecule has 0 radical (unpaired) electrons. The quantitative estimate of drug-likeness (QED) is 0.775. The Morgan fingerprint density at radius 3 is 2.83 bits per heavy atom. The van der Waals surface area contributed by atoms with Gasteiger partial charge < -0.3 is 15.0 Å². The van der Waals surface area contributed by atoms with E-state index in [-0.39, 0.29) is 5.91 Å². The molecule has 1 aromatic heterocycles. The van der Waals surface area contributed by atoms with E-state index in [1.165, 1.54) is 10.8 Å². The third-order valence-corrected chi connectivity index (χ3v) is 4.59. The molecule has 0 aliphatic carbocycles. The Morgan fingerprint density at radius 1 is 1.12 bits per heavy atom. The first-order valence-corrected chi connectivity index (χ1v) is 8.40. The second kappa shape index (κ2) is 6.63. The Hall–Kier alpha value is -2.37. The number of nitrogens with zero attached hydrogens (tertiary/aromatic N) is 1. The molecule has 0 spiro atoms. The van der Waals surface area contributed by atoms with Crippen molar-refractivity contribution in [2.75, 3.05) is 39.4 Å². The first-order valence-electron chi connectivity index (χ1n) is 8.40. The molecule has 1 fully saturated rings. The molecule has 0 unspecified atom stereocenters. The van der Waals surface area contributed by atoms with Crippen molar-refractivity contribution in [1.29, 1.82) is 0 Å². The van der Waals surface area contributed by atoms with Crippen molar-refractivity contribution in [2.24, 2.45) is 0 Å². The number of hydrogen-bond donors (Lipinski definition) is 2. The molecule has 3 aromatic rings. The first kappa shape index (κ1) is 15.2. The number of carbonyl (C=O) groups excluding carboxylic acids is 1.